The number of aromatic nitrogens is 2. The SMILES string of the molecule is CCCCCCCCCCCCOC1=CC=CC(CC)(c2ncc[nH]2)C1.O=[N+]([O-])O. The van der Waals surface area contributed by atoms with Crippen molar-refractivity contribution < 1.29 is 15.0 Å². The summed E-state index contributed by atoms with van der Waals surface area (Å²) < 4.78 is 6.08. The molecule has 1 atom stereocenters. The highest BCUT2D eigenvalue weighted by Gasteiger charge is 2.33. The summed E-state index contributed by atoms with van der Waals surface area (Å²) in [5.74, 6) is 2.14. The van der Waals surface area contributed by atoms with E-state index in [1.807, 2.05) is 12.4 Å². The molecule has 0 spiro atoms. The summed E-state index contributed by atoms with van der Waals surface area (Å²) in [5.41, 5.74) is -0.0363. The first-order valence-corrected chi connectivity index (χ1v) is 11.4. The van der Waals surface area contributed by atoms with Crippen molar-refractivity contribution in [2.45, 2.75) is 96.3 Å². The number of allylic oxidation sites excluding steroid dienone is 4. The average Bonchev–Trinajstić information content (AvgIpc) is 3.27. The van der Waals surface area contributed by atoms with Gasteiger partial charge >= 0.3 is 0 Å². The standard InChI is InChI=1S/C23H38N2O.HNO3/c1-3-5-6-7-8-9-10-11-12-13-19-26-21-15-14-16-23(4-2,20-21)22-24-17-18-25-22;2-1(3)4/h14-18H,3-13,19-20H2,1-2H3,(H,24,25);(H,2,3,4). The number of ether oxygens (including phenoxy) is 1. The Kier molecular flexibility index (Phi) is 13.3. The molecule has 7 nitrogen and oxygen atoms in total. The molecule has 0 aromatic carbocycles. The van der Waals surface area contributed by atoms with Gasteiger partial charge in [0.15, 0.2) is 0 Å². The predicted octanol–water partition coefficient (Wildman–Crippen LogP) is 6.49. The van der Waals surface area contributed by atoms with Crippen LogP contribution in [0, 0.1) is 10.1 Å². The van der Waals surface area contributed by atoms with Gasteiger partial charge in [-0.05, 0) is 18.9 Å². The fraction of sp³-hybridized carbons (Fsp3) is 0.696. The van der Waals surface area contributed by atoms with Crippen LogP contribution in [0.25, 0.3) is 0 Å². The second-order valence-corrected chi connectivity index (χ2v) is 7.88. The smallest absolute Gasteiger partial charge is 0.291 e. The largest absolute Gasteiger partial charge is 0.498 e. The van der Waals surface area contributed by atoms with Crippen molar-refractivity contribution in [2.24, 2.45) is 0 Å². The molecular weight excluding hydrogens is 382 g/mol. The Morgan fingerprint density at radius 3 is 2.27 bits per heavy atom. The van der Waals surface area contributed by atoms with Crippen LogP contribution in [0.3, 0.4) is 0 Å². The molecule has 1 heterocycles. The maximum absolute atomic E-state index is 8.36. The van der Waals surface area contributed by atoms with Gasteiger partial charge in [-0.25, -0.2) is 4.98 Å². The molecule has 0 amide bonds. The maximum Gasteiger partial charge on any atom is 0.291 e. The minimum absolute atomic E-state index is 0.0363. The highest BCUT2D eigenvalue weighted by molar-refractivity contribution is 5.30. The number of hydrogen-bond donors (Lipinski definition) is 2. The Morgan fingerprint density at radius 1 is 1.13 bits per heavy atom. The van der Waals surface area contributed by atoms with E-state index in [9.17, 15) is 0 Å². The molecule has 0 bridgehead atoms. The van der Waals surface area contributed by atoms with Gasteiger partial charge in [-0.15, -0.1) is 10.1 Å². The summed E-state index contributed by atoms with van der Waals surface area (Å²) in [6.45, 7) is 5.34. The molecule has 7 heteroatoms. The summed E-state index contributed by atoms with van der Waals surface area (Å²) in [6.07, 6.45) is 25.8. The number of rotatable bonds is 14. The fourth-order valence-electron chi connectivity index (χ4n) is 3.77. The van der Waals surface area contributed by atoms with Crippen LogP contribution < -0.4 is 0 Å². The van der Waals surface area contributed by atoms with Crippen molar-refractivity contribution in [3.8, 4) is 0 Å². The van der Waals surface area contributed by atoms with Crippen molar-refractivity contribution in [1.82, 2.24) is 9.97 Å². The van der Waals surface area contributed by atoms with E-state index in [0.717, 1.165) is 37.5 Å². The van der Waals surface area contributed by atoms with E-state index in [4.69, 9.17) is 20.1 Å². The number of imidazole rings is 1. The second kappa shape index (κ2) is 15.5. The Morgan fingerprint density at radius 2 is 1.73 bits per heavy atom. The second-order valence-electron chi connectivity index (χ2n) is 7.88. The van der Waals surface area contributed by atoms with Crippen LogP contribution in [0.5, 0.6) is 0 Å². The van der Waals surface area contributed by atoms with E-state index in [1.54, 1.807) is 0 Å². The Labute approximate surface area is 180 Å². The molecule has 1 aromatic rings. The quantitative estimate of drug-likeness (QED) is 0.203. The van der Waals surface area contributed by atoms with Gasteiger partial charge in [0.1, 0.15) is 5.82 Å². The van der Waals surface area contributed by atoms with E-state index >= 15 is 0 Å². The van der Waals surface area contributed by atoms with Crippen LogP contribution in [0.2, 0.25) is 0 Å². The van der Waals surface area contributed by atoms with Gasteiger partial charge < -0.3 is 14.9 Å². The third-order valence-corrected chi connectivity index (χ3v) is 5.57. The molecule has 1 aliphatic rings. The van der Waals surface area contributed by atoms with E-state index < -0.39 is 5.09 Å². The molecule has 1 aromatic heterocycles. The summed E-state index contributed by atoms with van der Waals surface area (Å²) in [4.78, 5) is 16.1. The van der Waals surface area contributed by atoms with Crippen molar-refractivity contribution in [3.05, 3.63) is 52.3 Å². The molecule has 0 saturated carbocycles. The lowest BCUT2D eigenvalue weighted by Gasteiger charge is -2.30. The monoisotopic (exact) mass is 421 g/mol. The van der Waals surface area contributed by atoms with Crippen molar-refractivity contribution in [3.63, 3.8) is 0 Å². The third kappa shape index (κ3) is 10.5. The number of H-pyrrole nitrogens is 1. The molecule has 0 saturated heterocycles. The number of nitrogens with zero attached hydrogens (tertiary/aromatic N) is 2. The Balaban J connectivity index is 0.00000103. The van der Waals surface area contributed by atoms with Gasteiger partial charge in [0.05, 0.1) is 17.8 Å². The lowest BCUT2D eigenvalue weighted by atomic mass is 9.77. The first-order chi connectivity index (χ1) is 14.5. The third-order valence-electron chi connectivity index (χ3n) is 5.57. The zero-order valence-corrected chi connectivity index (χ0v) is 18.6. The highest BCUT2D eigenvalue weighted by atomic mass is 16.9. The van der Waals surface area contributed by atoms with Gasteiger partial charge in [-0.2, -0.15) is 0 Å². The Bertz CT molecular complexity index is 624. The van der Waals surface area contributed by atoms with Crippen LogP contribution in [0.4, 0.5) is 0 Å². The minimum Gasteiger partial charge on any atom is -0.498 e. The molecule has 1 unspecified atom stereocenters. The lowest BCUT2D eigenvalue weighted by molar-refractivity contribution is -0.742. The maximum atomic E-state index is 8.36. The van der Waals surface area contributed by atoms with E-state index in [-0.39, 0.29) is 5.41 Å². The number of hydrogen-bond acceptors (Lipinski definition) is 4. The predicted molar refractivity (Wildman–Crippen MR) is 119 cm³/mol. The first-order valence-electron chi connectivity index (χ1n) is 11.4. The average molecular weight is 422 g/mol. The zero-order valence-electron chi connectivity index (χ0n) is 18.6. The van der Waals surface area contributed by atoms with Gasteiger partial charge in [0.25, 0.3) is 5.09 Å². The molecule has 2 N–H and O–H groups in total. The normalized spacial score (nSPS) is 17.7. The minimum atomic E-state index is -1.50. The van der Waals surface area contributed by atoms with Crippen molar-refractivity contribution in [1.29, 1.82) is 0 Å². The summed E-state index contributed by atoms with van der Waals surface area (Å²) in [5, 5.41) is 13.6. The molecule has 0 fully saturated rings. The summed E-state index contributed by atoms with van der Waals surface area (Å²) in [6, 6.07) is 0. The topological polar surface area (TPSA) is 101 Å². The first kappa shape index (κ1) is 25.7. The van der Waals surface area contributed by atoms with Gasteiger partial charge in [-0.3, -0.25) is 0 Å². The number of nitrogens with one attached hydrogen (secondary N) is 1. The van der Waals surface area contributed by atoms with E-state index in [2.05, 4.69) is 42.0 Å². The van der Waals surface area contributed by atoms with E-state index in [0.29, 0.717) is 0 Å². The molecule has 170 valence electrons. The van der Waals surface area contributed by atoms with Crippen LogP contribution in [-0.4, -0.2) is 26.9 Å². The number of aromatic amines is 1. The van der Waals surface area contributed by atoms with Crippen LogP contribution in [-0.2, 0) is 10.2 Å². The van der Waals surface area contributed by atoms with E-state index in [1.165, 1.54) is 57.8 Å². The molecule has 0 aliphatic heterocycles. The van der Waals surface area contributed by atoms with Gasteiger partial charge in [0.2, 0.25) is 0 Å². The fourth-order valence-corrected chi connectivity index (χ4v) is 3.77. The van der Waals surface area contributed by atoms with Crippen molar-refractivity contribution >= 4 is 0 Å². The molecule has 30 heavy (non-hydrogen) atoms. The zero-order chi connectivity index (χ0) is 22.1. The van der Waals surface area contributed by atoms with Gasteiger partial charge in [-0.1, -0.05) is 83.8 Å². The van der Waals surface area contributed by atoms with Crippen LogP contribution >= 0.6 is 0 Å². The summed E-state index contributed by atoms with van der Waals surface area (Å²) >= 11 is 0. The molecular formula is C23H39N3O4. The molecule has 2 rings (SSSR count). The Hall–Kier alpha value is -2.31. The number of unbranched alkanes of at least 4 members (excludes halogenated alkanes) is 9. The summed E-state index contributed by atoms with van der Waals surface area (Å²) in [7, 11) is 0. The molecule has 0 radical (unpaired) electrons. The lowest BCUT2D eigenvalue weighted by Crippen LogP contribution is -2.27. The van der Waals surface area contributed by atoms with Gasteiger partial charge in [0, 0.05) is 18.8 Å². The van der Waals surface area contributed by atoms with Crippen LogP contribution in [0.15, 0.2) is 36.4 Å². The van der Waals surface area contributed by atoms with Crippen molar-refractivity contribution in [2.75, 3.05) is 6.61 Å². The highest BCUT2D eigenvalue weighted by Crippen LogP contribution is 2.37. The molecule has 1 aliphatic carbocycles. The van der Waals surface area contributed by atoms with Crippen LogP contribution in [0.1, 0.15) is 96.7 Å².